The largest absolute Gasteiger partial charge is 0.493 e. The van der Waals surface area contributed by atoms with Crippen LogP contribution in [0.1, 0.15) is 18.4 Å². The quantitative estimate of drug-likeness (QED) is 0.0594. The lowest BCUT2D eigenvalue weighted by Gasteiger charge is -2.18. The highest BCUT2D eigenvalue weighted by molar-refractivity contribution is 7.89. The van der Waals surface area contributed by atoms with Gasteiger partial charge in [0.2, 0.25) is 16.0 Å². The number of sulfonamides is 1. The zero-order valence-electron chi connectivity index (χ0n) is 17.7. The summed E-state index contributed by atoms with van der Waals surface area (Å²) in [5.41, 5.74) is 10.5. The number of hydrogen-bond donors (Lipinski definition) is 3. The minimum Gasteiger partial charge on any atom is -0.493 e. The van der Waals surface area contributed by atoms with E-state index in [9.17, 15) is 31.2 Å². The Balaban J connectivity index is 2.80. The standard InChI is InChI=1S/C18H24ClF3N4O7S/c19-7-1-10-34(29,30)26-14(15(27)33-16(28)18(20,21)22)11-12-3-5-13(6-4-12)31-8-2-9-32-25-17(23)24/h3-6,14,26H,1-2,7-11H2,(H4,23,24,25)/t14-/m0/s1. The fourth-order valence-corrected chi connectivity index (χ4v) is 3.85. The summed E-state index contributed by atoms with van der Waals surface area (Å²) in [7, 11) is -4.10. The highest BCUT2D eigenvalue weighted by Gasteiger charge is 2.43. The summed E-state index contributed by atoms with van der Waals surface area (Å²) < 4.78 is 72.8. The number of benzene rings is 1. The number of ether oxygens (including phenoxy) is 2. The third-order valence-corrected chi connectivity index (χ3v) is 5.50. The Kier molecular flexibility index (Phi) is 11.9. The van der Waals surface area contributed by atoms with Crippen LogP contribution in [0.5, 0.6) is 5.75 Å². The van der Waals surface area contributed by atoms with Gasteiger partial charge in [-0.1, -0.05) is 12.1 Å². The van der Waals surface area contributed by atoms with E-state index in [0.717, 1.165) is 0 Å². The maximum Gasteiger partial charge on any atom is 0.491 e. The number of nitrogens with one attached hydrogen (secondary N) is 1. The van der Waals surface area contributed by atoms with Crippen LogP contribution in [0.3, 0.4) is 0 Å². The first-order valence-electron chi connectivity index (χ1n) is 9.65. The summed E-state index contributed by atoms with van der Waals surface area (Å²) in [6.07, 6.45) is -5.34. The molecule has 0 saturated heterocycles. The van der Waals surface area contributed by atoms with Crippen LogP contribution in [0.15, 0.2) is 29.4 Å². The average Bonchev–Trinajstić information content (AvgIpc) is 2.74. The predicted octanol–water partition coefficient (Wildman–Crippen LogP) is 0.752. The Bertz CT molecular complexity index is 940. The van der Waals surface area contributed by atoms with Crippen molar-refractivity contribution in [1.82, 2.24) is 4.72 Å². The van der Waals surface area contributed by atoms with Crippen molar-refractivity contribution in [3.05, 3.63) is 29.8 Å². The molecule has 0 aliphatic heterocycles. The Morgan fingerprint density at radius 2 is 1.76 bits per heavy atom. The maximum atomic E-state index is 12.4. The molecule has 0 heterocycles. The van der Waals surface area contributed by atoms with Crippen molar-refractivity contribution in [2.75, 3.05) is 24.8 Å². The second-order valence-corrected chi connectivity index (χ2v) is 8.89. The van der Waals surface area contributed by atoms with Gasteiger partial charge in [0.05, 0.1) is 12.4 Å². The molecule has 1 atom stereocenters. The van der Waals surface area contributed by atoms with E-state index in [1.807, 2.05) is 4.72 Å². The molecule has 0 aliphatic rings. The van der Waals surface area contributed by atoms with Crippen molar-refractivity contribution in [1.29, 1.82) is 0 Å². The van der Waals surface area contributed by atoms with Gasteiger partial charge in [-0.3, -0.25) is 0 Å². The molecule has 34 heavy (non-hydrogen) atoms. The minimum atomic E-state index is -5.43. The molecular formula is C18H24ClF3N4O7S. The smallest absolute Gasteiger partial charge is 0.491 e. The zero-order chi connectivity index (χ0) is 25.8. The van der Waals surface area contributed by atoms with Crippen LogP contribution in [-0.4, -0.2) is 63.4 Å². The van der Waals surface area contributed by atoms with Gasteiger partial charge in [0.25, 0.3) is 0 Å². The van der Waals surface area contributed by atoms with Crippen molar-refractivity contribution in [2.24, 2.45) is 16.6 Å². The van der Waals surface area contributed by atoms with Gasteiger partial charge in [0.1, 0.15) is 18.4 Å². The molecule has 1 aromatic rings. The van der Waals surface area contributed by atoms with Crippen LogP contribution in [0.4, 0.5) is 13.2 Å². The van der Waals surface area contributed by atoms with Crippen molar-refractivity contribution >= 4 is 39.5 Å². The molecule has 0 aliphatic carbocycles. The van der Waals surface area contributed by atoms with Gasteiger partial charge in [-0.05, 0) is 35.7 Å². The number of nitrogens with two attached hydrogens (primary N) is 2. The van der Waals surface area contributed by atoms with E-state index in [-0.39, 0.29) is 31.5 Å². The van der Waals surface area contributed by atoms with Crippen LogP contribution >= 0.6 is 11.6 Å². The number of rotatable bonds is 14. The zero-order valence-corrected chi connectivity index (χ0v) is 19.3. The molecule has 16 heteroatoms. The normalized spacial score (nSPS) is 12.5. The van der Waals surface area contributed by atoms with Gasteiger partial charge >= 0.3 is 18.1 Å². The number of oxime groups is 1. The second-order valence-electron chi connectivity index (χ2n) is 6.64. The van der Waals surface area contributed by atoms with E-state index in [4.69, 9.17) is 32.6 Å². The number of alkyl halides is 4. The number of carbonyl (C=O) groups excluding carboxylic acids is 2. The molecule has 11 nitrogen and oxygen atoms in total. The number of nitrogens with zero attached hydrogens (tertiary/aromatic N) is 1. The Morgan fingerprint density at radius 1 is 1.12 bits per heavy atom. The van der Waals surface area contributed by atoms with E-state index in [0.29, 0.717) is 17.7 Å². The third-order valence-electron chi connectivity index (χ3n) is 3.76. The molecule has 0 spiro atoms. The van der Waals surface area contributed by atoms with Crippen molar-refractivity contribution in [3.8, 4) is 5.75 Å². The van der Waals surface area contributed by atoms with Gasteiger partial charge in [-0.15, -0.1) is 11.6 Å². The minimum absolute atomic E-state index is 0.00442. The summed E-state index contributed by atoms with van der Waals surface area (Å²) in [4.78, 5) is 27.9. The number of hydrogen-bond acceptors (Lipinski definition) is 8. The molecule has 0 aromatic heterocycles. The summed E-state index contributed by atoms with van der Waals surface area (Å²) in [6, 6.07) is 4.13. The summed E-state index contributed by atoms with van der Waals surface area (Å²) >= 11 is 5.46. The molecule has 0 unspecified atom stereocenters. The molecule has 0 saturated carbocycles. The third kappa shape index (κ3) is 11.9. The molecule has 0 bridgehead atoms. The highest BCUT2D eigenvalue weighted by atomic mass is 35.5. The predicted molar refractivity (Wildman–Crippen MR) is 115 cm³/mol. The summed E-state index contributed by atoms with van der Waals surface area (Å²) in [5.74, 6) is -4.73. The number of halogens is 4. The van der Waals surface area contributed by atoms with E-state index in [2.05, 4.69) is 9.89 Å². The maximum absolute atomic E-state index is 12.4. The molecule has 0 radical (unpaired) electrons. The highest BCUT2D eigenvalue weighted by Crippen LogP contribution is 2.18. The van der Waals surface area contributed by atoms with Crippen molar-refractivity contribution < 1.29 is 45.5 Å². The number of carbonyl (C=O) groups is 2. The van der Waals surface area contributed by atoms with Crippen LogP contribution in [0.2, 0.25) is 0 Å². The monoisotopic (exact) mass is 532 g/mol. The fourth-order valence-electron chi connectivity index (χ4n) is 2.30. The number of esters is 2. The Labute approximate surface area is 198 Å². The Morgan fingerprint density at radius 3 is 2.32 bits per heavy atom. The van der Waals surface area contributed by atoms with Crippen LogP contribution in [0.25, 0.3) is 0 Å². The fraction of sp³-hybridized carbons (Fsp3) is 0.500. The lowest BCUT2D eigenvalue weighted by atomic mass is 10.1. The molecule has 1 rings (SSSR count). The average molecular weight is 533 g/mol. The Hall–Kier alpha value is -2.78. The van der Waals surface area contributed by atoms with Crippen LogP contribution in [-0.2, 0) is 35.6 Å². The van der Waals surface area contributed by atoms with Crippen molar-refractivity contribution in [2.45, 2.75) is 31.5 Å². The van der Waals surface area contributed by atoms with Crippen LogP contribution in [0, 0.1) is 0 Å². The van der Waals surface area contributed by atoms with Gasteiger partial charge in [-0.2, -0.15) is 13.2 Å². The topological polar surface area (TPSA) is 172 Å². The first-order valence-corrected chi connectivity index (χ1v) is 11.8. The van der Waals surface area contributed by atoms with E-state index in [1.165, 1.54) is 24.3 Å². The second kappa shape index (κ2) is 13.8. The molecular weight excluding hydrogens is 509 g/mol. The van der Waals surface area contributed by atoms with Crippen LogP contribution < -0.4 is 20.9 Å². The lowest BCUT2D eigenvalue weighted by molar-refractivity contribution is -0.202. The van der Waals surface area contributed by atoms with Gasteiger partial charge in [0.15, 0.2) is 0 Å². The molecule has 192 valence electrons. The molecule has 0 amide bonds. The first kappa shape index (κ1) is 29.3. The van der Waals surface area contributed by atoms with E-state index >= 15 is 0 Å². The summed E-state index contributed by atoms with van der Waals surface area (Å²) in [5, 5.41) is 3.34. The SMILES string of the molecule is NC(N)=NOCCCOc1ccc(C[C@H](NS(=O)(=O)CCCCl)C(=O)OC(=O)C(F)(F)F)cc1. The van der Waals surface area contributed by atoms with Gasteiger partial charge < -0.3 is 25.8 Å². The number of guanidine groups is 1. The van der Waals surface area contributed by atoms with Gasteiger partial charge in [0, 0.05) is 12.3 Å². The van der Waals surface area contributed by atoms with Crippen molar-refractivity contribution in [3.63, 3.8) is 0 Å². The van der Waals surface area contributed by atoms with E-state index < -0.39 is 46.4 Å². The van der Waals surface area contributed by atoms with Gasteiger partial charge in [-0.25, -0.2) is 22.7 Å². The summed E-state index contributed by atoms with van der Waals surface area (Å²) in [6.45, 7) is 0.439. The molecule has 1 aromatic carbocycles. The van der Waals surface area contributed by atoms with E-state index in [1.54, 1.807) is 0 Å². The molecule has 5 N–H and O–H groups in total. The molecule has 0 fully saturated rings. The lowest BCUT2D eigenvalue weighted by Crippen LogP contribution is -2.46. The first-order chi connectivity index (χ1) is 15.8.